The Balaban J connectivity index is 2.30. The molecule has 0 aromatic carbocycles. The van der Waals surface area contributed by atoms with Crippen LogP contribution in [-0.4, -0.2) is 6.04 Å². The van der Waals surface area contributed by atoms with Gasteiger partial charge < -0.3 is 5.73 Å². The van der Waals surface area contributed by atoms with Crippen molar-refractivity contribution in [3.05, 3.63) is 11.1 Å². The van der Waals surface area contributed by atoms with Gasteiger partial charge in [-0.25, -0.2) is 0 Å². The Morgan fingerprint density at radius 3 is 1.83 bits per heavy atom. The highest BCUT2D eigenvalue weighted by Gasteiger charge is 2.39. The summed E-state index contributed by atoms with van der Waals surface area (Å²) in [5.74, 6) is 0. The van der Waals surface area contributed by atoms with Gasteiger partial charge >= 0.3 is 0 Å². The highest BCUT2D eigenvalue weighted by molar-refractivity contribution is 5.52. The summed E-state index contributed by atoms with van der Waals surface area (Å²) in [5.41, 5.74) is 8.60. The van der Waals surface area contributed by atoms with Gasteiger partial charge in [-0.1, -0.05) is 0 Å². The fourth-order valence-corrected chi connectivity index (χ4v) is 1.06. The van der Waals surface area contributed by atoms with Crippen LogP contribution in [0.1, 0.15) is 12.8 Å². The van der Waals surface area contributed by atoms with E-state index >= 15 is 0 Å². The quantitative estimate of drug-likeness (QED) is 0.420. The summed E-state index contributed by atoms with van der Waals surface area (Å²) in [4.78, 5) is 0. The first kappa shape index (κ1) is 2.80. The Morgan fingerprint density at radius 1 is 1.33 bits per heavy atom. The fourth-order valence-electron chi connectivity index (χ4n) is 1.06. The minimum atomic E-state index is 0.463. The maximum absolute atomic E-state index is 5.50. The molecule has 0 aromatic rings. The van der Waals surface area contributed by atoms with Gasteiger partial charge in [-0.05, 0) is 24.0 Å². The van der Waals surface area contributed by atoms with Crippen molar-refractivity contribution < 1.29 is 0 Å². The minimum absolute atomic E-state index is 0.463. The van der Waals surface area contributed by atoms with E-state index in [-0.39, 0.29) is 0 Å². The number of hydrogen-bond acceptors (Lipinski definition) is 1. The standard InChI is InChI=1S/C5H7N/c6-5-3-1-2-4(3)5/h5H,1-2,6H2. The third kappa shape index (κ3) is 0.125. The SMILES string of the molecule is NC1C2=C1CC2. The van der Waals surface area contributed by atoms with Gasteiger partial charge in [0.1, 0.15) is 0 Å². The molecule has 0 bridgehead atoms. The second-order valence-corrected chi connectivity index (χ2v) is 2.03. The lowest BCUT2D eigenvalue weighted by Crippen LogP contribution is -2.00. The summed E-state index contributed by atoms with van der Waals surface area (Å²) in [7, 11) is 0. The van der Waals surface area contributed by atoms with E-state index < -0.39 is 0 Å². The van der Waals surface area contributed by atoms with Crippen LogP contribution in [0.15, 0.2) is 11.1 Å². The van der Waals surface area contributed by atoms with Gasteiger partial charge in [0.2, 0.25) is 0 Å². The second kappa shape index (κ2) is 0.562. The van der Waals surface area contributed by atoms with Gasteiger partial charge in [-0.15, -0.1) is 0 Å². The van der Waals surface area contributed by atoms with Gasteiger partial charge in [-0.2, -0.15) is 0 Å². The molecule has 2 aliphatic carbocycles. The van der Waals surface area contributed by atoms with Crippen molar-refractivity contribution in [2.24, 2.45) is 5.73 Å². The fraction of sp³-hybridized carbons (Fsp3) is 0.600. The zero-order valence-corrected chi connectivity index (χ0v) is 3.57. The molecule has 0 radical (unpaired) electrons. The van der Waals surface area contributed by atoms with E-state index in [4.69, 9.17) is 5.73 Å². The molecule has 2 rings (SSSR count). The van der Waals surface area contributed by atoms with E-state index in [1.54, 1.807) is 11.1 Å². The molecule has 0 saturated carbocycles. The van der Waals surface area contributed by atoms with Crippen molar-refractivity contribution in [1.29, 1.82) is 0 Å². The molecule has 1 heteroatoms. The van der Waals surface area contributed by atoms with Gasteiger partial charge in [0.05, 0.1) is 0 Å². The zero-order chi connectivity index (χ0) is 4.15. The van der Waals surface area contributed by atoms with E-state index in [0.717, 1.165) is 0 Å². The van der Waals surface area contributed by atoms with E-state index in [2.05, 4.69) is 0 Å². The summed E-state index contributed by atoms with van der Waals surface area (Å²) in [6.07, 6.45) is 2.60. The highest BCUT2D eigenvalue weighted by Crippen LogP contribution is 2.46. The second-order valence-electron chi connectivity index (χ2n) is 2.03. The lowest BCUT2D eigenvalue weighted by molar-refractivity contribution is 0.962. The topological polar surface area (TPSA) is 26.0 Å². The van der Waals surface area contributed by atoms with Crippen molar-refractivity contribution in [2.45, 2.75) is 18.9 Å². The van der Waals surface area contributed by atoms with Crippen LogP contribution in [-0.2, 0) is 0 Å². The molecule has 2 aliphatic rings. The molecular weight excluding hydrogens is 74.1 g/mol. The first-order valence-corrected chi connectivity index (χ1v) is 2.37. The van der Waals surface area contributed by atoms with Crippen LogP contribution >= 0.6 is 0 Å². The van der Waals surface area contributed by atoms with Crippen molar-refractivity contribution >= 4 is 0 Å². The van der Waals surface area contributed by atoms with E-state index in [9.17, 15) is 0 Å². The Bertz CT molecular complexity index is 110. The Morgan fingerprint density at radius 2 is 1.83 bits per heavy atom. The molecule has 0 fully saturated rings. The average molecular weight is 81.1 g/mol. The van der Waals surface area contributed by atoms with Crippen molar-refractivity contribution in [1.82, 2.24) is 0 Å². The zero-order valence-electron chi connectivity index (χ0n) is 3.57. The minimum Gasteiger partial charge on any atom is -0.321 e. The van der Waals surface area contributed by atoms with Crippen LogP contribution in [0.5, 0.6) is 0 Å². The van der Waals surface area contributed by atoms with E-state index in [1.165, 1.54) is 12.8 Å². The molecule has 0 aromatic heterocycles. The van der Waals surface area contributed by atoms with Gasteiger partial charge in [0.15, 0.2) is 0 Å². The van der Waals surface area contributed by atoms with Gasteiger partial charge in [0, 0.05) is 6.04 Å². The number of nitrogens with two attached hydrogens (primary N) is 1. The molecule has 0 aliphatic heterocycles. The highest BCUT2D eigenvalue weighted by atomic mass is 14.7. The average Bonchev–Trinajstić information content (AvgIpc) is 1.63. The van der Waals surface area contributed by atoms with Gasteiger partial charge in [-0.3, -0.25) is 0 Å². The lowest BCUT2D eigenvalue weighted by Gasteiger charge is -1.90. The summed E-state index contributed by atoms with van der Waals surface area (Å²) in [6.45, 7) is 0. The van der Waals surface area contributed by atoms with Crippen molar-refractivity contribution in [3.63, 3.8) is 0 Å². The van der Waals surface area contributed by atoms with Crippen LogP contribution in [0, 0.1) is 0 Å². The normalized spacial score (nSPS) is 29.5. The first-order valence-electron chi connectivity index (χ1n) is 2.37. The maximum atomic E-state index is 5.50. The third-order valence-electron chi connectivity index (χ3n) is 1.74. The van der Waals surface area contributed by atoms with Crippen LogP contribution in [0.25, 0.3) is 0 Å². The molecule has 2 N–H and O–H groups in total. The van der Waals surface area contributed by atoms with Gasteiger partial charge in [0.25, 0.3) is 0 Å². The Kier molecular flexibility index (Phi) is 0.263. The van der Waals surface area contributed by atoms with Crippen LogP contribution in [0.3, 0.4) is 0 Å². The molecule has 32 valence electrons. The first-order chi connectivity index (χ1) is 2.89. The van der Waals surface area contributed by atoms with Crippen LogP contribution in [0.2, 0.25) is 0 Å². The van der Waals surface area contributed by atoms with E-state index in [0.29, 0.717) is 6.04 Å². The molecule has 0 saturated heterocycles. The molecule has 0 unspecified atom stereocenters. The largest absolute Gasteiger partial charge is 0.321 e. The molecule has 6 heavy (non-hydrogen) atoms. The predicted octanol–water partition coefficient (Wildman–Crippen LogP) is 0.418. The molecular formula is C5H7N. The Hall–Kier alpha value is -0.300. The number of hydrogen-bond donors (Lipinski definition) is 1. The van der Waals surface area contributed by atoms with Crippen molar-refractivity contribution in [3.8, 4) is 0 Å². The Labute approximate surface area is 36.8 Å². The lowest BCUT2D eigenvalue weighted by atomic mass is 10.1. The summed E-state index contributed by atoms with van der Waals surface area (Å²) >= 11 is 0. The summed E-state index contributed by atoms with van der Waals surface area (Å²) < 4.78 is 0. The molecule has 0 amide bonds. The third-order valence-corrected chi connectivity index (χ3v) is 1.74. The molecule has 1 nitrogen and oxygen atoms in total. The predicted molar refractivity (Wildman–Crippen MR) is 24.2 cm³/mol. The van der Waals surface area contributed by atoms with Crippen molar-refractivity contribution in [2.75, 3.05) is 0 Å². The molecule has 0 atom stereocenters. The monoisotopic (exact) mass is 81.1 g/mol. The number of rotatable bonds is 0. The summed E-state index contributed by atoms with van der Waals surface area (Å²) in [6, 6.07) is 0.463. The van der Waals surface area contributed by atoms with E-state index in [1.807, 2.05) is 0 Å². The van der Waals surface area contributed by atoms with Crippen LogP contribution in [0.4, 0.5) is 0 Å². The molecule has 0 spiro atoms. The smallest absolute Gasteiger partial charge is 0.0477 e. The van der Waals surface area contributed by atoms with Crippen LogP contribution < -0.4 is 5.73 Å². The maximum Gasteiger partial charge on any atom is 0.0477 e. The summed E-state index contributed by atoms with van der Waals surface area (Å²) in [5, 5.41) is 0. The molecule has 0 heterocycles.